The first-order chi connectivity index (χ1) is 15.7. The number of likely N-dealkylation sites (N-methyl/N-ethyl adjacent to an activating group) is 1. The minimum absolute atomic E-state index is 0.149. The summed E-state index contributed by atoms with van der Waals surface area (Å²) in [5, 5.41) is 12.9. The molecular formula is C25H33N3O5. The number of ether oxygens (including phenoxy) is 2. The standard InChI is InChI=1S/C25H33N3O5/c1-25(2,3)33-24(31)20-13-12-19(28(20)4)18(15-29)27-23(30)22-21(11-8-14-26-22)32-16-17-9-6-5-7-10-17/h5-11,14,18-20,29H,12-13,15-16H2,1-4H3,(H,27,30)/t18-,19+,20+/m0/s1. The molecule has 1 aromatic carbocycles. The van der Waals surface area contributed by atoms with Crippen LogP contribution in [0, 0.1) is 0 Å². The number of rotatable bonds is 8. The zero-order chi connectivity index (χ0) is 24.0. The van der Waals surface area contributed by atoms with Crippen molar-refractivity contribution in [1.82, 2.24) is 15.2 Å². The van der Waals surface area contributed by atoms with Crippen LogP contribution in [0.15, 0.2) is 48.7 Å². The smallest absolute Gasteiger partial charge is 0.323 e. The average Bonchev–Trinajstić information content (AvgIpc) is 3.17. The molecule has 0 radical (unpaired) electrons. The summed E-state index contributed by atoms with van der Waals surface area (Å²) < 4.78 is 11.4. The van der Waals surface area contributed by atoms with Gasteiger partial charge in [-0.25, -0.2) is 4.98 Å². The van der Waals surface area contributed by atoms with E-state index in [1.807, 2.05) is 63.1 Å². The molecule has 33 heavy (non-hydrogen) atoms. The third kappa shape index (κ3) is 6.52. The Morgan fingerprint density at radius 1 is 1.18 bits per heavy atom. The maximum atomic E-state index is 13.0. The van der Waals surface area contributed by atoms with Crippen molar-refractivity contribution in [3.8, 4) is 5.75 Å². The molecule has 1 aromatic heterocycles. The Morgan fingerprint density at radius 3 is 2.58 bits per heavy atom. The molecule has 0 spiro atoms. The Balaban J connectivity index is 1.66. The molecule has 1 fully saturated rings. The average molecular weight is 456 g/mol. The van der Waals surface area contributed by atoms with Crippen LogP contribution in [0.25, 0.3) is 0 Å². The van der Waals surface area contributed by atoms with Gasteiger partial charge in [0, 0.05) is 12.2 Å². The molecule has 0 unspecified atom stereocenters. The Morgan fingerprint density at radius 2 is 1.91 bits per heavy atom. The number of carbonyl (C=O) groups is 2. The summed E-state index contributed by atoms with van der Waals surface area (Å²) in [6.45, 7) is 5.53. The minimum atomic E-state index is -0.574. The van der Waals surface area contributed by atoms with Crippen LogP contribution in [0.1, 0.15) is 49.7 Å². The van der Waals surface area contributed by atoms with Gasteiger partial charge in [-0.15, -0.1) is 0 Å². The summed E-state index contributed by atoms with van der Waals surface area (Å²) in [5.41, 5.74) is 0.549. The maximum absolute atomic E-state index is 13.0. The van der Waals surface area contributed by atoms with Crippen LogP contribution in [-0.2, 0) is 16.1 Å². The summed E-state index contributed by atoms with van der Waals surface area (Å²) in [6.07, 6.45) is 2.77. The van der Waals surface area contributed by atoms with Crippen LogP contribution in [-0.4, -0.2) is 64.2 Å². The number of nitrogens with zero attached hydrogens (tertiary/aromatic N) is 2. The first kappa shape index (κ1) is 24.7. The lowest BCUT2D eigenvalue weighted by molar-refractivity contribution is -0.160. The monoisotopic (exact) mass is 455 g/mol. The molecule has 1 amide bonds. The largest absolute Gasteiger partial charge is 0.486 e. The molecule has 2 heterocycles. The van der Waals surface area contributed by atoms with Crippen LogP contribution in [0.3, 0.4) is 0 Å². The quantitative estimate of drug-likeness (QED) is 0.590. The van der Waals surface area contributed by atoms with E-state index < -0.39 is 23.6 Å². The summed E-state index contributed by atoms with van der Waals surface area (Å²) in [6, 6.07) is 11.8. The second-order valence-corrected chi connectivity index (χ2v) is 9.25. The van der Waals surface area contributed by atoms with Crippen molar-refractivity contribution in [3.05, 3.63) is 59.9 Å². The van der Waals surface area contributed by atoms with Gasteiger partial charge in [-0.2, -0.15) is 0 Å². The minimum Gasteiger partial charge on any atom is -0.486 e. The Kier molecular flexibility index (Phi) is 8.05. The number of aromatic nitrogens is 1. The van der Waals surface area contributed by atoms with Gasteiger partial charge in [-0.1, -0.05) is 30.3 Å². The fourth-order valence-electron chi connectivity index (χ4n) is 4.02. The van der Waals surface area contributed by atoms with Crippen LogP contribution in [0.5, 0.6) is 5.75 Å². The number of likely N-dealkylation sites (tertiary alicyclic amines) is 1. The lowest BCUT2D eigenvalue weighted by Gasteiger charge is -2.32. The van der Waals surface area contributed by atoms with Gasteiger partial charge < -0.3 is 19.9 Å². The van der Waals surface area contributed by atoms with Crippen molar-refractivity contribution >= 4 is 11.9 Å². The number of aliphatic hydroxyl groups excluding tert-OH is 1. The molecule has 2 N–H and O–H groups in total. The fourth-order valence-corrected chi connectivity index (χ4v) is 4.02. The van der Waals surface area contributed by atoms with Crippen LogP contribution in [0.2, 0.25) is 0 Å². The number of benzene rings is 1. The topological polar surface area (TPSA) is 101 Å². The van der Waals surface area contributed by atoms with Gasteiger partial charge in [0.1, 0.15) is 18.2 Å². The molecule has 1 aliphatic rings. The number of aliphatic hydroxyl groups is 1. The third-order valence-corrected chi connectivity index (χ3v) is 5.63. The van der Waals surface area contributed by atoms with Gasteiger partial charge in [0.05, 0.1) is 12.6 Å². The highest BCUT2D eigenvalue weighted by Gasteiger charge is 2.41. The number of hydrogen-bond donors (Lipinski definition) is 2. The van der Waals surface area contributed by atoms with E-state index in [1.54, 1.807) is 12.1 Å². The van der Waals surface area contributed by atoms with E-state index in [0.717, 1.165) is 5.56 Å². The van der Waals surface area contributed by atoms with Crippen molar-refractivity contribution in [3.63, 3.8) is 0 Å². The Bertz CT molecular complexity index is 945. The SMILES string of the molecule is CN1[C@@H](C(=O)OC(C)(C)C)CC[C@@H]1[C@H](CO)NC(=O)c1ncccc1OCc1ccccc1. The zero-order valence-corrected chi connectivity index (χ0v) is 19.7. The van der Waals surface area contributed by atoms with Crippen LogP contribution >= 0.6 is 0 Å². The first-order valence-corrected chi connectivity index (χ1v) is 11.2. The molecule has 8 nitrogen and oxygen atoms in total. The summed E-state index contributed by atoms with van der Waals surface area (Å²) in [4.78, 5) is 31.7. The predicted octanol–water partition coefficient (Wildman–Crippen LogP) is 2.56. The number of carbonyl (C=O) groups excluding carboxylic acids is 2. The van der Waals surface area contributed by atoms with Gasteiger partial charge in [0.25, 0.3) is 5.91 Å². The number of esters is 1. The van der Waals surface area contributed by atoms with E-state index in [0.29, 0.717) is 25.2 Å². The van der Waals surface area contributed by atoms with Gasteiger partial charge in [0.15, 0.2) is 11.4 Å². The maximum Gasteiger partial charge on any atom is 0.323 e. The first-order valence-electron chi connectivity index (χ1n) is 11.2. The fraction of sp³-hybridized carbons (Fsp3) is 0.480. The molecule has 178 valence electrons. The summed E-state index contributed by atoms with van der Waals surface area (Å²) in [7, 11) is 1.82. The van der Waals surface area contributed by atoms with Crippen molar-refractivity contribution in [1.29, 1.82) is 0 Å². The van der Waals surface area contributed by atoms with Gasteiger partial charge in [0.2, 0.25) is 0 Å². The normalized spacial score (nSPS) is 19.7. The van der Waals surface area contributed by atoms with Gasteiger partial charge in [-0.05, 0) is 58.4 Å². The number of hydrogen-bond acceptors (Lipinski definition) is 7. The molecule has 8 heteroatoms. The predicted molar refractivity (Wildman–Crippen MR) is 124 cm³/mol. The molecule has 1 aliphatic heterocycles. The van der Waals surface area contributed by atoms with E-state index in [9.17, 15) is 14.7 Å². The van der Waals surface area contributed by atoms with E-state index in [4.69, 9.17) is 9.47 Å². The highest BCUT2D eigenvalue weighted by molar-refractivity contribution is 5.95. The van der Waals surface area contributed by atoms with Crippen molar-refractivity contribution < 1.29 is 24.2 Å². The molecule has 1 saturated heterocycles. The molecule has 3 atom stereocenters. The van der Waals surface area contributed by atoms with Crippen molar-refractivity contribution in [2.45, 2.75) is 63.9 Å². The highest BCUT2D eigenvalue weighted by atomic mass is 16.6. The number of nitrogens with one attached hydrogen (secondary N) is 1. The van der Waals surface area contributed by atoms with Gasteiger partial charge in [-0.3, -0.25) is 14.5 Å². The third-order valence-electron chi connectivity index (χ3n) is 5.63. The molecule has 0 aliphatic carbocycles. The Labute approximate surface area is 194 Å². The second kappa shape index (κ2) is 10.8. The number of pyridine rings is 1. The lowest BCUT2D eigenvalue weighted by atomic mass is 10.1. The summed E-state index contributed by atoms with van der Waals surface area (Å²) >= 11 is 0. The van der Waals surface area contributed by atoms with Crippen LogP contribution in [0.4, 0.5) is 0 Å². The number of amides is 1. The van der Waals surface area contributed by atoms with Crippen molar-refractivity contribution in [2.24, 2.45) is 0 Å². The van der Waals surface area contributed by atoms with Crippen molar-refractivity contribution in [2.75, 3.05) is 13.7 Å². The van der Waals surface area contributed by atoms with E-state index >= 15 is 0 Å². The molecule has 2 aromatic rings. The molecule has 3 rings (SSSR count). The Hall–Kier alpha value is -2.97. The zero-order valence-electron chi connectivity index (χ0n) is 19.7. The summed E-state index contributed by atoms with van der Waals surface area (Å²) in [5.74, 6) is -0.370. The molecular weight excluding hydrogens is 422 g/mol. The molecule has 0 bridgehead atoms. The lowest BCUT2D eigenvalue weighted by Crippen LogP contribution is -2.53. The van der Waals surface area contributed by atoms with E-state index in [-0.39, 0.29) is 24.3 Å². The van der Waals surface area contributed by atoms with E-state index in [1.165, 1.54) is 6.20 Å². The molecule has 0 saturated carbocycles. The highest BCUT2D eigenvalue weighted by Crippen LogP contribution is 2.27. The van der Waals surface area contributed by atoms with Gasteiger partial charge >= 0.3 is 5.97 Å². The second-order valence-electron chi connectivity index (χ2n) is 9.25. The van der Waals surface area contributed by atoms with Crippen LogP contribution < -0.4 is 10.1 Å². The van der Waals surface area contributed by atoms with E-state index in [2.05, 4.69) is 10.3 Å².